The monoisotopic (exact) mass is 517 g/mol. The maximum Gasteiger partial charge on any atom is 0.355 e. The number of phenols is 1. The molecule has 2 aromatic carbocycles. The molecule has 1 aliphatic rings. The van der Waals surface area contributed by atoms with E-state index in [1.165, 1.54) is 24.1 Å². The van der Waals surface area contributed by atoms with E-state index in [0.717, 1.165) is 7.11 Å². The zero-order valence-corrected chi connectivity index (χ0v) is 19.3. The van der Waals surface area contributed by atoms with E-state index < -0.39 is 17.9 Å². The van der Waals surface area contributed by atoms with Crippen molar-refractivity contribution >= 4 is 45.2 Å². The van der Waals surface area contributed by atoms with Crippen LogP contribution >= 0.6 is 27.5 Å². The number of rotatable bonds is 4. The van der Waals surface area contributed by atoms with Crippen LogP contribution in [0.4, 0.5) is 5.69 Å². The van der Waals surface area contributed by atoms with Gasteiger partial charge in [-0.25, -0.2) is 9.59 Å². The van der Waals surface area contributed by atoms with Gasteiger partial charge in [0, 0.05) is 0 Å². The van der Waals surface area contributed by atoms with Crippen LogP contribution < -0.4 is 10.6 Å². The van der Waals surface area contributed by atoms with Gasteiger partial charge in [0.05, 0.1) is 52.5 Å². The van der Waals surface area contributed by atoms with Crippen molar-refractivity contribution in [1.29, 1.82) is 5.26 Å². The number of nitriles is 1. The van der Waals surface area contributed by atoms with Gasteiger partial charge in [-0.1, -0.05) is 41.9 Å². The molecule has 0 radical (unpaired) electrons. The summed E-state index contributed by atoms with van der Waals surface area (Å²) in [7, 11) is 2.32. The maximum absolute atomic E-state index is 13.0. The SMILES string of the molecule is COC(=O)C1=C(C(=O)OC)N(c2cc(Cl)c(O)c(Br)c2)C(N)=C(C#N)C1c1ccccc1. The molecule has 0 spiro atoms. The van der Waals surface area contributed by atoms with Crippen molar-refractivity contribution in [2.75, 3.05) is 19.1 Å². The molecule has 10 heteroatoms. The van der Waals surface area contributed by atoms with Gasteiger partial charge in [-0.3, -0.25) is 4.90 Å². The van der Waals surface area contributed by atoms with E-state index in [9.17, 15) is 20.0 Å². The molecule has 1 atom stereocenters. The Bertz CT molecular complexity index is 1180. The lowest BCUT2D eigenvalue weighted by atomic mass is 9.81. The van der Waals surface area contributed by atoms with Gasteiger partial charge in [0.25, 0.3) is 0 Å². The maximum atomic E-state index is 13.0. The molecule has 32 heavy (non-hydrogen) atoms. The average Bonchev–Trinajstić information content (AvgIpc) is 2.80. The second-order valence-electron chi connectivity index (χ2n) is 6.59. The number of nitrogens with zero attached hydrogens (tertiary/aromatic N) is 2. The average molecular weight is 519 g/mol. The first-order chi connectivity index (χ1) is 15.3. The number of phenolic OH excluding ortho intramolecular Hbond substituents is 1. The predicted molar refractivity (Wildman–Crippen MR) is 120 cm³/mol. The van der Waals surface area contributed by atoms with Gasteiger partial charge in [-0.15, -0.1) is 0 Å². The number of nitrogens with two attached hydrogens (primary N) is 1. The van der Waals surface area contributed by atoms with Crippen molar-refractivity contribution in [3.63, 3.8) is 0 Å². The van der Waals surface area contributed by atoms with E-state index >= 15 is 0 Å². The fourth-order valence-electron chi connectivity index (χ4n) is 3.46. The van der Waals surface area contributed by atoms with Crippen LogP contribution in [-0.2, 0) is 19.1 Å². The molecule has 8 nitrogen and oxygen atoms in total. The van der Waals surface area contributed by atoms with E-state index in [4.69, 9.17) is 26.8 Å². The smallest absolute Gasteiger partial charge is 0.355 e. The number of hydrogen-bond acceptors (Lipinski definition) is 8. The molecule has 0 aromatic heterocycles. The minimum atomic E-state index is -0.977. The Morgan fingerprint density at radius 2 is 1.81 bits per heavy atom. The third kappa shape index (κ3) is 3.90. The highest BCUT2D eigenvalue weighted by Crippen LogP contribution is 2.45. The first-order valence-electron chi connectivity index (χ1n) is 9.10. The van der Waals surface area contributed by atoms with Crippen LogP contribution in [0.3, 0.4) is 0 Å². The number of esters is 2. The molecule has 0 aliphatic carbocycles. The minimum absolute atomic E-state index is 0.0181. The summed E-state index contributed by atoms with van der Waals surface area (Å²) < 4.78 is 10.1. The molecule has 0 fully saturated rings. The number of carbonyl (C=O) groups is 2. The lowest BCUT2D eigenvalue weighted by Crippen LogP contribution is -2.40. The molecular weight excluding hydrogens is 502 g/mol. The van der Waals surface area contributed by atoms with Crippen LogP contribution in [0.5, 0.6) is 5.75 Å². The number of carbonyl (C=O) groups excluding carboxylic acids is 2. The van der Waals surface area contributed by atoms with Gasteiger partial charge in [-0.2, -0.15) is 5.26 Å². The lowest BCUT2D eigenvalue weighted by molar-refractivity contribution is -0.139. The molecule has 164 valence electrons. The highest BCUT2D eigenvalue weighted by molar-refractivity contribution is 9.10. The third-order valence-electron chi connectivity index (χ3n) is 4.87. The normalized spacial score (nSPS) is 16.0. The zero-order valence-electron chi connectivity index (χ0n) is 16.9. The summed E-state index contributed by atoms with van der Waals surface area (Å²) in [6.45, 7) is 0. The lowest BCUT2D eigenvalue weighted by Gasteiger charge is -2.36. The van der Waals surface area contributed by atoms with Gasteiger partial charge >= 0.3 is 11.9 Å². The molecule has 1 heterocycles. The van der Waals surface area contributed by atoms with Crippen molar-refractivity contribution in [3.8, 4) is 11.8 Å². The first-order valence-corrected chi connectivity index (χ1v) is 10.3. The van der Waals surface area contributed by atoms with Gasteiger partial charge in [0.2, 0.25) is 0 Å². The summed E-state index contributed by atoms with van der Waals surface area (Å²) >= 11 is 9.30. The Kier molecular flexibility index (Phi) is 6.77. The Hall–Kier alpha value is -3.48. The summed E-state index contributed by atoms with van der Waals surface area (Å²) in [5.41, 5.74) is 6.80. The van der Waals surface area contributed by atoms with Crippen molar-refractivity contribution < 1.29 is 24.2 Å². The third-order valence-corrected chi connectivity index (χ3v) is 5.76. The van der Waals surface area contributed by atoms with Crippen molar-refractivity contribution in [2.45, 2.75) is 5.92 Å². The molecular formula is C22H17BrClN3O5. The molecule has 1 unspecified atom stereocenters. The summed E-state index contributed by atoms with van der Waals surface area (Å²) in [4.78, 5) is 27.1. The minimum Gasteiger partial charge on any atom is -0.505 e. The molecule has 0 amide bonds. The number of halogens is 2. The van der Waals surface area contributed by atoms with Crippen LogP contribution in [0.25, 0.3) is 0 Å². The quantitative estimate of drug-likeness (QED) is 0.587. The Morgan fingerprint density at radius 3 is 2.34 bits per heavy atom. The predicted octanol–water partition coefficient (Wildman–Crippen LogP) is 3.71. The van der Waals surface area contributed by atoms with E-state index in [-0.39, 0.29) is 43.6 Å². The molecule has 1 aliphatic heterocycles. The van der Waals surface area contributed by atoms with Gasteiger partial charge in [0.15, 0.2) is 0 Å². The van der Waals surface area contributed by atoms with Crippen LogP contribution in [0.2, 0.25) is 5.02 Å². The Labute approximate surface area is 197 Å². The van der Waals surface area contributed by atoms with E-state index in [2.05, 4.69) is 22.0 Å². The van der Waals surface area contributed by atoms with Crippen molar-refractivity contribution in [3.05, 3.63) is 80.2 Å². The number of ether oxygens (including phenoxy) is 2. The summed E-state index contributed by atoms with van der Waals surface area (Å²) in [5.74, 6) is -3.03. The van der Waals surface area contributed by atoms with Crippen LogP contribution in [0.15, 0.2) is 69.6 Å². The molecule has 0 saturated heterocycles. The molecule has 0 saturated carbocycles. The van der Waals surface area contributed by atoms with Crippen LogP contribution in [0, 0.1) is 11.3 Å². The van der Waals surface area contributed by atoms with Crippen LogP contribution in [0.1, 0.15) is 11.5 Å². The Balaban J connectivity index is 2.44. The van der Waals surface area contributed by atoms with E-state index in [0.29, 0.717) is 5.56 Å². The van der Waals surface area contributed by atoms with Crippen molar-refractivity contribution in [2.24, 2.45) is 5.73 Å². The second-order valence-corrected chi connectivity index (χ2v) is 7.85. The Morgan fingerprint density at radius 1 is 1.19 bits per heavy atom. The van der Waals surface area contributed by atoms with Gasteiger partial charge < -0.3 is 20.3 Å². The summed E-state index contributed by atoms with van der Waals surface area (Å²) in [6.07, 6.45) is 0. The summed E-state index contributed by atoms with van der Waals surface area (Å²) in [6, 6.07) is 13.5. The zero-order chi connectivity index (χ0) is 23.6. The first kappa shape index (κ1) is 23.2. The van der Waals surface area contributed by atoms with Crippen LogP contribution in [-0.4, -0.2) is 31.3 Å². The molecule has 2 aromatic rings. The standard InChI is InChI=1S/C22H17BrClN3O5/c1-31-21(29)17-16(11-6-4-3-5-7-11)13(10-25)20(26)27(18(17)22(30)32-2)12-8-14(23)19(28)15(24)9-12/h3-9,16,28H,26H2,1-2H3. The molecule has 3 N–H and O–H groups in total. The van der Waals surface area contributed by atoms with E-state index in [1.54, 1.807) is 30.3 Å². The largest absolute Gasteiger partial charge is 0.505 e. The van der Waals surface area contributed by atoms with Crippen molar-refractivity contribution in [1.82, 2.24) is 0 Å². The van der Waals surface area contributed by atoms with Gasteiger partial charge in [0.1, 0.15) is 17.3 Å². The van der Waals surface area contributed by atoms with E-state index in [1.807, 2.05) is 0 Å². The van der Waals surface area contributed by atoms with Gasteiger partial charge in [-0.05, 0) is 33.6 Å². The summed E-state index contributed by atoms with van der Waals surface area (Å²) in [5, 5.41) is 20.0. The topological polar surface area (TPSA) is 126 Å². The number of allylic oxidation sites excluding steroid dienone is 1. The highest BCUT2D eigenvalue weighted by atomic mass is 79.9. The molecule has 0 bridgehead atoms. The second kappa shape index (κ2) is 9.34. The number of anilines is 1. The molecule has 3 rings (SSSR count). The number of hydrogen-bond donors (Lipinski definition) is 2. The highest BCUT2D eigenvalue weighted by Gasteiger charge is 2.43. The number of methoxy groups -OCH3 is 2. The fraction of sp³-hybridized carbons (Fsp3) is 0.136. The number of benzene rings is 2. The number of aromatic hydroxyl groups is 1. The fourth-order valence-corrected chi connectivity index (χ4v) is 4.24.